The fraction of sp³-hybridized carbons (Fsp3) is 0.745. The van der Waals surface area contributed by atoms with Crippen LogP contribution in [0.25, 0.3) is 0 Å². The number of hydrogen-bond donors (Lipinski definition) is 1. The van der Waals surface area contributed by atoms with Gasteiger partial charge in [-0.2, -0.15) is 0 Å². The molecule has 0 radical (unpaired) electrons. The molecule has 0 heterocycles. The quantitative estimate of drug-likeness (QED) is 0.0376. The lowest BCUT2D eigenvalue weighted by Gasteiger charge is -2.15. The Morgan fingerprint density at radius 1 is 0.400 bits per heavy atom. The third-order valence-electron chi connectivity index (χ3n) is 11.0. The zero-order valence-corrected chi connectivity index (χ0v) is 39.5. The Morgan fingerprint density at radius 2 is 0.717 bits per heavy atom. The van der Waals surface area contributed by atoms with Crippen LogP contribution in [0.2, 0.25) is 0 Å². The minimum Gasteiger partial charge on any atom is -0.462 e. The second-order valence-corrected chi connectivity index (χ2v) is 16.9. The zero-order valence-electron chi connectivity index (χ0n) is 39.5. The summed E-state index contributed by atoms with van der Waals surface area (Å²) in [5.74, 6) is -0.636. The molecule has 0 aromatic heterocycles. The van der Waals surface area contributed by atoms with E-state index in [9.17, 15) is 14.7 Å². The molecule has 5 nitrogen and oxygen atoms in total. The molecule has 0 aliphatic carbocycles. The van der Waals surface area contributed by atoms with Gasteiger partial charge in [-0.05, 0) is 64.2 Å². The van der Waals surface area contributed by atoms with Gasteiger partial charge in [0.15, 0.2) is 6.10 Å². The predicted molar refractivity (Wildman–Crippen MR) is 260 cm³/mol. The molecule has 0 aliphatic heterocycles. The largest absolute Gasteiger partial charge is 0.462 e. The summed E-state index contributed by atoms with van der Waals surface area (Å²) < 4.78 is 10.6. The smallest absolute Gasteiger partial charge is 0.306 e. The summed E-state index contributed by atoms with van der Waals surface area (Å²) >= 11 is 0. The predicted octanol–water partition coefficient (Wildman–Crippen LogP) is 16.9. The molecule has 0 aliphatic rings. The van der Waals surface area contributed by atoms with Gasteiger partial charge in [0.2, 0.25) is 0 Å². The van der Waals surface area contributed by atoms with Crippen molar-refractivity contribution in [2.45, 2.75) is 251 Å². The van der Waals surface area contributed by atoms with E-state index in [1.807, 2.05) is 0 Å². The average Bonchev–Trinajstić information content (AvgIpc) is 3.25. The van der Waals surface area contributed by atoms with Gasteiger partial charge in [-0.1, -0.05) is 241 Å². The van der Waals surface area contributed by atoms with Crippen LogP contribution in [-0.4, -0.2) is 36.4 Å². The Labute approximate surface area is 372 Å². The van der Waals surface area contributed by atoms with Crippen LogP contribution < -0.4 is 0 Å². The molecule has 0 saturated carbocycles. The van der Waals surface area contributed by atoms with Gasteiger partial charge < -0.3 is 14.6 Å². The second kappa shape index (κ2) is 50.7. The van der Waals surface area contributed by atoms with Gasteiger partial charge >= 0.3 is 11.9 Å². The molecule has 1 atom stereocenters. The maximum Gasteiger partial charge on any atom is 0.306 e. The number of hydrogen-bond acceptors (Lipinski definition) is 5. The Hall–Kier alpha value is -2.66. The molecule has 0 aromatic rings. The van der Waals surface area contributed by atoms with E-state index in [2.05, 4.69) is 86.8 Å². The first-order valence-corrected chi connectivity index (χ1v) is 25.5. The lowest BCUT2D eigenvalue weighted by molar-refractivity contribution is -0.161. The van der Waals surface area contributed by atoms with Gasteiger partial charge in [-0.15, -0.1) is 0 Å². The highest BCUT2D eigenvalue weighted by Gasteiger charge is 2.16. The van der Waals surface area contributed by atoms with E-state index in [0.29, 0.717) is 12.8 Å². The van der Waals surface area contributed by atoms with Crippen molar-refractivity contribution < 1.29 is 24.2 Å². The van der Waals surface area contributed by atoms with Crippen LogP contribution in [0.3, 0.4) is 0 Å². The summed E-state index contributed by atoms with van der Waals surface area (Å²) in [6.45, 7) is 4.01. The first-order chi connectivity index (χ1) is 29.6. The van der Waals surface area contributed by atoms with E-state index in [1.165, 1.54) is 141 Å². The van der Waals surface area contributed by atoms with Crippen LogP contribution in [0.1, 0.15) is 245 Å². The lowest BCUT2D eigenvalue weighted by atomic mass is 10.0. The van der Waals surface area contributed by atoms with E-state index in [4.69, 9.17) is 9.47 Å². The van der Waals surface area contributed by atoms with E-state index in [1.54, 1.807) is 0 Å². The van der Waals surface area contributed by atoms with Crippen molar-refractivity contribution in [1.29, 1.82) is 0 Å². The van der Waals surface area contributed by atoms with Gasteiger partial charge in [-0.3, -0.25) is 9.59 Å². The fourth-order valence-electron chi connectivity index (χ4n) is 7.21. The third kappa shape index (κ3) is 48.0. The monoisotopic (exact) mass is 837 g/mol. The normalized spacial score (nSPS) is 12.8. The van der Waals surface area contributed by atoms with Crippen molar-refractivity contribution in [3.05, 3.63) is 72.9 Å². The first-order valence-electron chi connectivity index (χ1n) is 25.5. The van der Waals surface area contributed by atoms with Crippen LogP contribution in [0.15, 0.2) is 72.9 Å². The van der Waals surface area contributed by atoms with E-state index < -0.39 is 6.10 Å². The van der Waals surface area contributed by atoms with Crippen LogP contribution in [0.5, 0.6) is 0 Å². The molecule has 1 unspecified atom stereocenters. The maximum atomic E-state index is 12.2. The van der Waals surface area contributed by atoms with Crippen molar-refractivity contribution in [3.8, 4) is 0 Å². The molecular formula is C55H96O5. The van der Waals surface area contributed by atoms with E-state index in [-0.39, 0.29) is 25.2 Å². The molecule has 1 N–H and O–H groups in total. The molecule has 0 spiro atoms. The van der Waals surface area contributed by atoms with Gasteiger partial charge in [-0.25, -0.2) is 0 Å². The molecule has 60 heavy (non-hydrogen) atoms. The SMILES string of the molecule is CC/C=C\C/C=C\C/C=C\C/C=C\C/C=C\C/C=C\CCCCC(=O)OC(CO)COC(=O)CCCCCCCCCCCCCCCCCCCCCCCCCCC. The van der Waals surface area contributed by atoms with E-state index >= 15 is 0 Å². The van der Waals surface area contributed by atoms with Crippen molar-refractivity contribution in [2.24, 2.45) is 0 Å². The summed E-state index contributed by atoms with van der Waals surface area (Å²) in [6, 6.07) is 0. The van der Waals surface area contributed by atoms with Crippen LogP contribution in [0.4, 0.5) is 0 Å². The standard InChI is InChI=1S/C55H96O5/c1-3-5-7-9-11-13-15-17-19-21-23-25-26-27-28-30-31-33-35-37-39-41-43-45-47-49-54(57)59-52-53(51-56)60-55(58)50-48-46-44-42-40-38-36-34-32-29-24-22-20-18-16-14-12-10-8-6-4-2/h6,8,12,14,18,20,24,29,34,36,40,42,53,56H,3-5,7,9-11,13,15-17,19,21-23,25-28,30-33,35,37-39,41,43-52H2,1-2H3/b8-6-,14-12-,20-18-,29-24-,36-34-,42-40-. The molecule has 0 aromatic carbocycles. The number of allylic oxidation sites excluding steroid dienone is 12. The Morgan fingerprint density at radius 3 is 1.08 bits per heavy atom. The maximum absolute atomic E-state index is 12.2. The van der Waals surface area contributed by atoms with Crippen molar-refractivity contribution in [2.75, 3.05) is 13.2 Å². The fourth-order valence-corrected chi connectivity index (χ4v) is 7.21. The minimum absolute atomic E-state index is 0.0843. The average molecular weight is 837 g/mol. The summed E-state index contributed by atoms with van der Waals surface area (Å²) in [6.07, 6.45) is 68.6. The third-order valence-corrected chi connectivity index (χ3v) is 11.0. The zero-order chi connectivity index (χ0) is 43.5. The number of rotatable bonds is 46. The van der Waals surface area contributed by atoms with Gasteiger partial charge in [0.05, 0.1) is 6.61 Å². The number of carbonyl (C=O) groups is 2. The molecule has 0 rings (SSSR count). The highest BCUT2D eigenvalue weighted by Crippen LogP contribution is 2.16. The van der Waals surface area contributed by atoms with E-state index in [0.717, 1.165) is 77.0 Å². The van der Waals surface area contributed by atoms with Crippen molar-refractivity contribution >= 4 is 11.9 Å². The van der Waals surface area contributed by atoms with Crippen LogP contribution >= 0.6 is 0 Å². The molecule has 5 heteroatoms. The van der Waals surface area contributed by atoms with Gasteiger partial charge in [0.25, 0.3) is 0 Å². The molecule has 0 amide bonds. The number of ether oxygens (including phenoxy) is 2. The summed E-state index contributed by atoms with van der Waals surface area (Å²) in [4.78, 5) is 24.4. The Bertz CT molecular complexity index is 1080. The first kappa shape index (κ1) is 57.3. The Kier molecular flexibility index (Phi) is 48.4. The second-order valence-electron chi connectivity index (χ2n) is 16.9. The summed E-state index contributed by atoms with van der Waals surface area (Å²) in [5, 5.41) is 9.62. The van der Waals surface area contributed by atoms with Crippen molar-refractivity contribution in [1.82, 2.24) is 0 Å². The topological polar surface area (TPSA) is 72.8 Å². The number of esters is 2. The molecule has 0 fully saturated rings. The molecule has 0 bridgehead atoms. The lowest BCUT2D eigenvalue weighted by Crippen LogP contribution is -2.28. The highest BCUT2D eigenvalue weighted by molar-refractivity contribution is 5.70. The Balaban J connectivity index is 3.55. The number of unbranched alkanes of at least 4 members (excludes halogenated alkanes) is 26. The minimum atomic E-state index is -0.797. The summed E-state index contributed by atoms with van der Waals surface area (Å²) in [5.41, 5.74) is 0. The summed E-state index contributed by atoms with van der Waals surface area (Å²) in [7, 11) is 0. The van der Waals surface area contributed by atoms with Crippen molar-refractivity contribution in [3.63, 3.8) is 0 Å². The molecule has 0 saturated heterocycles. The van der Waals surface area contributed by atoms with Gasteiger partial charge in [0, 0.05) is 12.8 Å². The molecular weight excluding hydrogens is 741 g/mol. The highest BCUT2D eigenvalue weighted by atomic mass is 16.6. The van der Waals surface area contributed by atoms with Crippen LogP contribution in [0, 0.1) is 0 Å². The van der Waals surface area contributed by atoms with Gasteiger partial charge in [0.1, 0.15) is 6.61 Å². The number of aliphatic hydroxyl groups excluding tert-OH is 1. The number of carbonyl (C=O) groups excluding carboxylic acids is 2. The van der Waals surface area contributed by atoms with Crippen LogP contribution in [-0.2, 0) is 19.1 Å². The number of aliphatic hydroxyl groups is 1. The molecule has 346 valence electrons.